The van der Waals surface area contributed by atoms with E-state index in [1.165, 1.54) is 19.3 Å². The molecule has 0 bridgehead atoms. The summed E-state index contributed by atoms with van der Waals surface area (Å²) in [5.74, 6) is 0.668. The fourth-order valence-electron chi connectivity index (χ4n) is 3.20. The van der Waals surface area contributed by atoms with Gasteiger partial charge in [-0.05, 0) is 42.5 Å². The second-order valence-electron chi connectivity index (χ2n) is 7.79. The number of benzene rings is 1. The summed E-state index contributed by atoms with van der Waals surface area (Å²) in [7, 11) is 0. The van der Waals surface area contributed by atoms with Crippen LogP contribution in [0.5, 0.6) is 5.75 Å². The standard InChI is InChI=1S/C21H30N2O3/c1-4-5-6-7-12-26-19-10-8-16(9-11-19)20(25)23-22-17-13-18(24)15-21(2,3)14-17/h8-11H,4-7,12-15H2,1-3H3,(H,23,25)/b22-17+. The summed E-state index contributed by atoms with van der Waals surface area (Å²) in [5, 5.41) is 4.17. The lowest BCUT2D eigenvalue weighted by Gasteiger charge is -2.28. The highest BCUT2D eigenvalue weighted by atomic mass is 16.5. The Bertz CT molecular complexity index is 648. The van der Waals surface area contributed by atoms with Crippen molar-refractivity contribution in [1.29, 1.82) is 0 Å². The molecule has 5 heteroatoms. The highest BCUT2D eigenvalue weighted by Gasteiger charge is 2.30. The molecule has 1 aliphatic rings. The van der Waals surface area contributed by atoms with Crippen LogP contribution in [0.1, 0.15) is 76.1 Å². The molecule has 1 aromatic carbocycles. The molecular weight excluding hydrogens is 328 g/mol. The first-order valence-electron chi connectivity index (χ1n) is 9.50. The first-order valence-corrected chi connectivity index (χ1v) is 9.50. The molecule has 1 saturated carbocycles. The van der Waals surface area contributed by atoms with Crippen LogP contribution in [0, 0.1) is 5.41 Å². The fraction of sp³-hybridized carbons (Fsp3) is 0.571. The fourth-order valence-corrected chi connectivity index (χ4v) is 3.20. The number of nitrogens with zero attached hydrogens (tertiary/aromatic N) is 1. The molecule has 1 N–H and O–H groups in total. The Balaban J connectivity index is 1.84. The van der Waals surface area contributed by atoms with Gasteiger partial charge in [-0.25, -0.2) is 5.43 Å². The van der Waals surface area contributed by atoms with Crippen LogP contribution in [0.4, 0.5) is 0 Å². The van der Waals surface area contributed by atoms with Crippen molar-refractivity contribution in [3.8, 4) is 5.75 Å². The molecule has 0 atom stereocenters. The summed E-state index contributed by atoms with van der Waals surface area (Å²) in [6, 6.07) is 7.06. The number of ketones is 1. The molecule has 26 heavy (non-hydrogen) atoms. The number of rotatable bonds is 8. The maximum absolute atomic E-state index is 12.2. The Morgan fingerprint density at radius 3 is 2.54 bits per heavy atom. The minimum atomic E-state index is -0.275. The lowest BCUT2D eigenvalue weighted by molar-refractivity contribution is -0.120. The molecule has 0 aromatic heterocycles. The molecule has 2 rings (SSSR count). The van der Waals surface area contributed by atoms with Crippen LogP contribution >= 0.6 is 0 Å². The van der Waals surface area contributed by atoms with Gasteiger partial charge in [0.2, 0.25) is 0 Å². The molecule has 1 fully saturated rings. The molecule has 142 valence electrons. The second kappa shape index (κ2) is 9.51. The number of carbonyl (C=O) groups excluding carboxylic acids is 2. The van der Waals surface area contributed by atoms with Gasteiger partial charge in [0.05, 0.1) is 6.61 Å². The van der Waals surface area contributed by atoms with Crippen LogP contribution in [0.2, 0.25) is 0 Å². The van der Waals surface area contributed by atoms with Gasteiger partial charge in [-0.1, -0.05) is 40.0 Å². The Hall–Kier alpha value is -2.17. The monoisotopic (exact) mass is 358 g/mol. The average molecular weight is 358 g/mol. The third kappa shape index (κ3) is 6.62. The third-order valence-corrected chi connectivity index (χ3v) is 4.46. The molecule has 5 nitrogen and oxygen atoms in total. The second-order valence-corrected chi connectivity index (χ2v) is 7.79. The molecule has 0 radical (unpaired) electrons. The Morgan fingerprint density at radius 2 is 1.88 bits per heavy atom. The van der Waals surface area contributed by atoms with Crippen molar-refractivity contribution >= 4 is 17.4 Å². The summed E-state index contributed by atoms with van der Waals surface area (Å²) in [6.45, 7) is 6.97. The maximum atomic E-state index is 12.2. The van der Waals surface area contributed by atoms with E-state index >= 15 is 0 Å². The number of unbranched alkanes of at least 4 members (excludes halogenated alkanes) is 3. The first kappa shape index (κ1) is 20.1. The zero-order valence-corrected chi connectivity index (χ0v) is 16.1. The van der Waals surface area contributed by atoms with E-state index in [4.69, 9.17) is 4.74 Å². The van der Waals surface area contributed by atoms with Gasteiger partial charge in [0.25, 0.3) is 5.91 Å². The third-order valence-electron chi connectivity index (χ3n) is 4.46. The topological polar surface area (TPSA) is 67.8 Å². The van der Waals surface area contributed by atoms with Crippen LogP contribution in [0.15, 0.2) is 29.4 Å². The van der Waals surface area contributed by atoms with Crippen LogP contribution in [0.25, 0.3) is 0 Å². The van der Waals surface area contributed by atoms with Gasteiger partial charge in [0.1, 0.15) is 11.5 Å². The van der Waals surface area contributed by atoms with E-state index in [0.29, 0.717) is 25.0 Å². The lowest BCUT2D eigenvalue weighted by atomic mass is 9.76. The molecule has 1 aliphatic carbocycles. The maximum Gasteiger partial charge on any atom is 0.271 e. The first-order chi connectivity index (χ1) is 12.4. The van der Waals surface area contributed by atoms with E-state index in [0.717, 1.165) is 24.3 Å². The summed E-state index contributed by atoms with van der Waals surface area (Å²) in [6.07, 6.45) is 6.28. The van der Waals surface area contributed by atoms with E-state index in [9.17, 15) is 9.59 Å². The SMILES string of the molecule is CCCCCCOc1ccc(C(=O)N/N=C2\CC(=O)CC(C)(C)C2)cc1. The lowest BCUT2D eigenvalue weighted by Crippen LogP contribution is -2.31. The van der Waals surface area contributed by atoms with Crippen molar-refractivity contribution in [2.75, 3.05) is 6.61 Å². The van der Waals surface area contributed by atoms with Crippen molar-refractivity contribution in [2.45, 2.75) is 65.7 Å². The van der Waals surface area contributed by atoms with Crippen molar-refractivity contribution < 1.29 is 14.3 Å². The normalized spacial score (nSPS) is 18.0. The van der Waals surface area contributed by atoms with Gasteiger partial charge in [-0.2, -0.15) is 5.10 Å². The zero-order chi connectivity index (χ0) is 19.0. The largest absolute Gasteiger partial charge is 0.494 e. The number of ether oxygens (including phenoxy) is 1. The number of carbonyl (C=O) groups is 2. The van der Waals surface area contributed by atoms with Crippen LogP contribution in [-0.4, -0.2) is 24.0 Å². The molecule has 0 aliphatic heterocycles. The highest BCUT2D eigenvalue weighted by Crippen LogP contribution is 2.31. The Kier molecular flexibility index (Phi) is 7.37. The van der Waals surface area contributed by atoms with Gasteiger partial charge >= 0.3 is 0 Å². The summed E-state index contributed by atoms with van der Waals surface area (Å²) in [5.41, 5.74) is 3.75. The number of hydrogen-bond donors (Lipinski definition) is 1. The number of Topliss-reactive ketones (excluding diaryl/α,β-unsaturated/α-hetero) is 1. The van der Waals surface area contributed by atoms with Crippen LogP contribution in [0.3, 0.4) is 0 Å². The molecule has 1 aromatic rings. The number of amides is 1. The molecule has 0 saturated heterocycles. The molecular formula is C21H30N2O3. The van der Waals surface area contributed by atoms with Crippen molar-refractivity contribution in [2.24, 2.45) is 10.5 Å². The molecule has 0 unspecified atom stereocenters. The van der Waals surface area contributed by atoms with E-state index in [1.807, 2.05) is 13.8 Å². The van der Waals surface area contributed by atoms with Gasteiger partial charge in [0.15, 0.2) is 0 Å². The van der Waals surface area contributed by atoms with E-state index in [1.54, 1.807) is 24.3 Å². The summed E-state index contributed by atoms with van der Waals surface area (Å²) >= 11 is 0. The van der Waals surface area contributed by atoms with E-state index < -0.39 is 0 Å². The molecule has 1 amide bonds. The average Bonchev–Trinajstić information content (AvgIpc) is 2.58. The predicted octanol–water partition coefficient (Wildman–Crippen LogP) is 4.51. The Labute approximate surface area is 156 Å². The van der Waals surface area contributed by atoms with Gasteiger partial charge < -0.3 is 4.74 Å². The van der Waals surface area contributed by atoms with E-state index in [2.05, 4.69) is 17.5 Å². The number of hydrazone groups is 1. The van der Waals surface area contributed by atoms with Crippen molar-refractivity contribution in [1.82, 2.24) is 5.43 Å². The van der Waals surface area contributed by atoms with Gasteiger partial charge in [-0.15, -0.1) is 0 Å². The van der Waals surface area contributed by atoms with Crippen LogP contribution < -0.4 is 10.2 Å². The minimum Gasteiger partial charge on any atom is -0.494 e. The van der Waals surface area contributed by atoms with Crippen molar-refractivity contribution in [3.05, 3.63) is 29.8 Å². The van der Waals surface area contributed by atoms with Gasteiger partial charge in [-0.3, -0.25) is 9.59 Å². The van der Waals surface area contributed by atoms with Gasteiger partial charge in [0, 0.05) is 24.1 Å². The quantitative estimate of drug-likeness (QED) is 0.549. The highest BCUT2D eigenvalue weighted by molar-refractivity contribution is 6.05. The van der Waals surface area contributed by atoms with E-state index in [-0.39, 0.29) is 17.1 Å². The number of hydrogen-bond acceptors (Lipinski definition) is 4. The Morgan fingerprint density at radius 1 is 1.15 bits per heavy atom. The zero-order valence-electron chi connectivity index (χ0n) is 16.1. The van der Waals surface area contributed by atoms with Crippen molar-refractivity contribution in [3.63, 3.8) is 0 Å². The van der Waals surface area contributed by atoms with Crippen LogP contribution in [-0.2, 0) is 4.79 Å². The summed E-state index contributed by atoms with van der Waals surface area (Å²) in [4.78, 5) is 24.0. The predicted molar refractivity (Wildman–Crippen MR) is 104 cm³/mol. The summed E-state index contributed by atoms with van der Waals surface area (Å²) < 4.78 is 5.68. The molecule has 0 spiro atoms. The number of nitrogens with one attached hydrogen (secondary N) is 1. The smallest absolute Gasteiger partial charge is 0.271 e. The molecule has 0 heterocycles. The minimum absolute atomic E-state index is 0.0883.